The van der Waals surface area contributed by atoms with Gasteiger partial charge in [0.1, 0.15) is 5.82 Å². The molecule has 0 unspecified atom stereocenters. The molecule has 1 saturated heterocycles. The SMILES string of the molecule is O=C([O-])CCC(=O)N1CCN(c2cc3c(cc2F)c(=O)c(C(=O)[O-])cn3C2CC2)CC1.[K+].[K+]. The number of aromatic nitrogens is 1. The van der Waals surface area contributed by atoms with Crippen LogP contribution in [-0.4, -0.2) is 53.5 Å². The molecule has 2 aromatic rings. The van der Waals surface area contributed by atoms with Gasteiger partial charge in [0, 0.05) is 56.2 Å². The number of nitrogens with zero attached hydrogens (tertiary/aromatic N) is 3. The van der Waals surface area contributed by atoms with Crippen LogP contribution in [0.4, 0.5) is 10.1 Å². The maximum atomic E-state index is 14.9. The van der Waals surface area contributed by atoms with E-state index in [-0.39, 0.29) is 139 Å². The molecule has 0 spiro atoms. The van der Waals surface area contributed by atoms with Crippen LogP contribution >= 0.6 is 0 Å². The van der Waals surface area contributed by atoms with Crippen molar-refractivity contribution in [2.45, 2.75) is 31.7 Å². The fourth-order valence-electron chi connectivity index (χ4n) is 3.97. The van der Waals surface area contributed by atoms with E-state index in [1.165, 1.54) is 11.1 Å². The molecule has 4 rings (SSSR count). The second kappa shape index (κ2) is 12.2. The van der Waals surface area contributed by atoms with Crippen molar-refractivity contribution in [1.29, 1.82) is 0 Å². The fraction of sp³-hybridized carbons (Fsp3) is 0.429. The van der Waals surface area contributed by atoms with E-state index in [1.54, 1.807) is 15.5 Å². The van der Waals surface area contributed by atoms with E-state index in [9.17, 15) is 33.8 Å². The number of fused-ring (bicyclic) bond motifs is 1. The summed E-state index contributed by atoms with van der Waals surface area (Å²) in [7, 11) is 0. The minimum atomic E-state index is -1.59. The van der Waals surface area contributed by atoms with Crippen LogP contribution in [0.5, 0.6) is 0 Å². The fourth-order valence-corrected chi connectivity index (χ4v) is 3.97. The van der Waals surface area contributed by atoms with Crippen molar-refractivity contribution in [3.8, 4) is 0 Å². The van der Waals surface area contributed by atoms with Crippen molar-refractivity contribution in [2.75, 3.05) is 31.1 Å². The van der Waals surface area contributed by atoms with Gasteiger partial charge in [0.2, 0.25) is 5.91 Å². The van der Waals surface area contributed by atoms with Gasteiger partial charge in [0.15, 0.2) is 5.43 Å². The van der Waals surface area contributed by atoms with Gasteiger partial charge in [-0.15, -0.1) is 0 Å². The molecule has 1 aliphatic carbocycles. The average Bonchev–Trinajstić information content (AvgIpc) is 3.57. The predicted octanol–water partition coefficient (Wildman–Crippen LogP) is -6.97. The van der Waals surface area contributed by atoms with Crippen LogP contribution in [0.1, 0.15) is 42.1 Å². The van der Waals surface area contributed by atoms with Gasteiger partial charge in [-0.2, -0.15) is 0 Å². The number of carboxylic acids is 2. The summed E-state index contributed by atoms with van der Waals surface area (Å²) in [5.41, 5.74) is -0.540. The number of carbonyl (C=O) groups is 3. The van der Waals surface area contributed by atoms with E-state index in [0.29, 0.717) is 31.7 Å². The summed E-state index contributed by atoms with van der Waals surface area (Å²) in [5.74, 6) is -3.82. The molecule has 2 fully saturated rings. The molecule has 0 N–H and O–H groups in total. The second-order valence-corrected chi connectivity index (χ2v) is 7.86. The first kappa shape index (κ1) is 29.1. The smallest absolute Gasteiger partial charge is 0.550 e. The van der Waals surface area contributed by atoms with E-state index in [0.717, 1.165) is 18.9 Å². The standard InChI is InChI=1S/C21H22FN3O6.2K/c22-15-9-13-16(25(12-1-2-12)11-14(20(13)29)21(30)31)10-17(15)23-5-7-24(8-6-23)18(26)3-4-19(27)28;;/h9-12H,1-8H2,(H,27,28)(H,30,31);;/q;2*+1/p-2. The van der Waals surface area contributed by atoms with Gasteiger partial charge in [-0.1, -0.05) is 0 Å². The van der Waals surface area contributed by atoms with Gasteiger partial charge < -0.3 is 34.2 Å². The molecule has 33 heavy (non-hydrogen) atoms. The minimum Gasteiger partial charge on any atom is -0.550 e. The number of aliphatic carboxylic acids is 1. The molecule has 0 bridgehead atoms. The van der Waals surface area contributed by atoms with Crippen molar-refractivity contribution in [3.63, 3.8) is 0 Å². The van der Waals surface area contributed by atoms with E-state index in [4.69, 9.17) is 0 Å². The van der Waals surface area contributed by atoms with Crippen molar-refractivity contribution in [3.05, 3.63) is 39.9 Å². The Kier molecular flexibility index (Phi) is 10.7. The van der Waals surface area contributed by atoms with E-state index < -0.39 is 28.7 Å². The van der Waals surface area contributed by atoms with Gasteiger partial charge in [0.05, 0.1) is 22.7 Å². The van der Waals surface area contributed by atoms with Crippen LogP contribution in [0.25, 0.3) is 10.9 Å². The third-order valence-electron chi connectivity index (χ3n) is 5.78. The Morgan fingerprint density at radius 1 is 1.00 bits per heavy atom. The normalized spacial score (nSPS) is 15.5. The van der Waals surface area contributed by atoms with Gasteiger partial charge >= 0.3 is 103 Å². The number of rotatable bonds is 6. The Morgan fingerprint density at radius 2 is 1.64 bits per heavy atom. The van der Waals surface area contributed by atoms with Crippen LogP contribution in [0, 0.1) is 5.82 Å². The second-order valence-electron chi connectivity index (χ2n) is 7.86. The zero-order valence-corrected chi connectivity index (χ0v) is 24.9. The molecule has 2 heterocycles. The summed E-state index contributed by atoms with van der Waals surface area (Å²) in [6.45, 7) is 1.29. The van der Waals surface area contributed by atoms with Crippen LogP contribution in [0.2, 0.25) is 0 Å². The summed E-state index contributed by atoms with van der Waals surface area (Å²) < 4.78 is 16.6. The maximum Gasteiger partial charge on any atom is 1.00 e. The molecule has 164 valence electrons. The van der Waals surface area contributed by atoms with Crippen LogP contribution in [0.15, 0.2) is 23.1 Å². The first-order valence-corrected chi connectivity index (χ1v) is 10.1. The monoisotopic (exact) mass is 507 g/mol. The van der Waals surface area contributed by atoms with Crippen LogP contribution in [0.3, 0.4) is 0 Å². The number of benzene rings is 1. The van der Waals surface area contributed by atoms with Crippen LogP contribution in [-0.2, 0) is 9.59 Å². The zero-order valence-electron chi connectivity index (χ0n) is 18.6. The Balaban J connectivity index is 0.00000193. The number of aromatic carboxylic acids is 1. The van der Waals surface area contributed by atoms with Crippen molar-refractivity contribution < 1.29 is 132 Å². The maximum absolute atomic E-state index is 14.9. The Morgan fingerprint density at radius 3 is 2.18 bits per heavy atom. The zero-order chi connectivity index (χ0) is 22.3. The Labute approximate surface area is 274 Å². The number of hydrogen-bond donors (Lipinski definition) is 0. The first-order chi connectivity index (χ1) is 14.8. The molecule has 1 aromatic carbocycles. The van der Waals surface area contributed by atoms with Crippen molar-refractivity contribution >= 4 is 34.4 Å². The van der Waals surface area contributed by atoms with Gasteiger partial charge in [-0.25, -0.2) is 4.39 Å². The molecule has 12 heteroatoms. The molecule has 1 saturated carbocycles. The topological polar surface area (TPSA) is 126 Å². The number of amides is 1. The first-order valence-electron chi connectivity index (χ1n) is 10.1. The number of pyridine rings is 1. The summed E-state index contributed by atoms with van der Waals surface area (Å²) >= 11 is 0. The van der Waals surface area contributed by atoms with Crippen molar-refractivity contribution in [2.24, 2.45) is 0 Å². The molecule has 1 aromatic heterocycles. The summed E-state index contributed by atoms with van der Waals surface area (Å²) in [5, 5.41) is 21.9. The summed E-state index contributed by atoms with van der Waals surface area (Å²) in [6.07, 6.45) is 2.47. The molecule has 1 aliphatic heterocycles. The number of carboxylic acid groups (broad SMARTS) is 2. The number of carbonyl (C=O) groups excluding carboxylic acids is 3. The third kappa shape index (κ3) is 6.54. The molecular weight excluding hydrogens is 487 g/mol. The number of halogens is 1. The number of piperazine rings is 1. The van der Waals surface area contributed by atoms with Gasteiger partial charge in [0.25, 0.3) is 0 Å². The number of hydrogen-bond acceptors (Lipinski definition) is 7. The van der Waals surface area contributed by atoms with E-state index in [1.807, 2.05) is 0 Å². The third-order valence-corrected chi connectivity index (χ3v) is 5.78. The summed E-state index contributed by atoms with van der Waals surface area (Å²) in [4.78, 5) is 49.8. The van der Waals surface area contributed by atoms with E-state index in [2.05, 4.69) is 0 Å². The summed E-state index contributed by atoms with van der Waals surface area (Å²) in [6, 6.07) is 2.67. The molecular formula is C21H20FK2N3O6. The molecule has 0 radical (unpaired) electrons. The molecule has 1 amide bonds. The van der Waals surface area contributed by atoms with E-state index >= 15 is 0 Å². The number of anilines is 1. The average molecular weight is 508 g/mol. The van der Waals surface area contributed by atoms with Crippen molar-refractivity contribution in [1.82, 2.24) is 9.47 Å². The van der Waals surface area contributed by atoms with Crippen LogP contribution < -0.4 is 123 Å². The largest absolute Gasteiger partial charge is 1.00 e. The molecule has 0 atom stereocenters. The van der Waals surface area contributed by atoms with Gasteiger partial charge in [-0.3, -0.25) is 9.59 Å². The quantitative estimate of drug-likeness (QED) is 0.356. The molecule has 9 nitrogen and oxygen atoms in total. The van der Waals surface area contributed by atoms with Gasteiger partial charge in [-0.05, 0) is 31.4 Å². The predicted molar refractivity (Wildman–Crippen MR) is 104 cm³/mol. The Bertz CT molecular complexity index is 1140. The minimum absolute atomic E-state index is 0. The molecule has 2 aliphatic rings. The Hall–Kier alpha value is -0.157.